The summed E-state index contributed by atoms with van der Waals surface area (Å²) in [5, 5.41) is 0. The minimum atomic E-state index is -0.385. The molecule has 0 radical (unpaired) electrons. The van der Waals surface area contributed by atoms with E-state index < -0.39 is 0 Å². The monoisotopic (exact) mass is 218 g/mol. The highest BCUT2D eigenvalue weighted by atomic mass is 19.1. The van der Waals surface area contributed by atoms with E-state index in [0.29, 0.717) is 11.3 Å². The number of hydrogen-bond donors (Lipinski definition) is 2. The summed E-state index contributed by atoms with van der Waals surface area (Å²) in [6, 6.07) is 5.72. The number of nitrogens with one attached hydrogen (secondary N) is 1. The van der Waals surface area contributed by atoms with Crippen molar-refractivity contribution in [3.63, 3.8) is 0 Å². The molecule has 0 aliphatic carbocycles. The van der Waals surface area contributed by atoms with E-state index in [4.69, 9.17) is 5.73 Å². The van der Waals surface area contributed by atoms with Gasteiger partial charge in [0.25, 0.3) is 0 Å². The molecule has 0 saturated carbocycles. The van der Waals surface area contributed by atoms with Gasteiger partial charge in [-0.1, -0.05) is 0 Å². The molecule has 0 saturated heterocycles. The maximum absolute atomic E-state index is 13.2. The molecule has 2 rings (SSSR count). The zero-order chi connectivity index (χ0) is 11.7. The third-order valence-electron chi connectivity index (χ3n) is 2.51. The zero-order valence-electron chi connectivity index (χ0n) is 8.75. The van der Waals surface area contributed by atoms with Gasteiger partial charge in [0.05, 0.1) is 0 Å². The van der Waals surface area contributed by atoms with Crippen LogP contribution in [0.15, 0.2) is 35.3 Å². The van der Waals surface area contributed by atoms with E-state index in [1.807, 2.05) is 6.92 Å². The molecule has 1 aromatic heterocycles. The Labute approximate surface area is 91.7 Å². The van der Waals surface area contributed by atoms with Crippen LogP contribution in [-0.4, -0.2) is 4.98 Å². The molecule has 0 aliphatic heterocycles. The second-order valence-corrected chi connectivity index (χ2v) is 3.61. The second-order valence-electron chi connectivity index (χ2n) is 3.61. The van der Waals surface area contributed by atoms with Crippen molar-refractivity contribution in [2.75, 3.05) is 5.73 Å². The van der Waals surface area contributed by atoms with Crippen LogP contribution in [0, 0.1) is 12.7 Å². The zero-order valence-corrected chi connectivity index (χ0v) is 8.75. The second kappa shape index (κ2) is 3.81. The predicted molar refractivity (Wildman–Crippen MR) is 61.6 cm³/mol. The summed E-state index contributed by atoms with van der Waals surface area (Å²) in [5.41, 5.74) is 8.12. The molecule has 0 unspecified atom stereocenters. The van der Waals surface area contributed by atoms with E-state index >= 15 is 0 Å². The normalized spacial score (nSPS) is 10.4. The van der Waals surface area contributed by atoms with E-state index in [-0.39, 0.29) is 11.4 Å². The summed E-state index contributed by atoms with van der Waals surface area (Å²) in [6.45, 7) is 1.81. The summed E-state index contributed by atoms with van der Waals surface area (Å²) < 4.78 is 13.2. The van der Waals surface area contributed by atoms with Crippen LogP contribution in [0.5, 0.6) is 0 Å². The summed E-state index contributed by atoms with van der Waals surface area (Å²) >= 11 is 0. The van der Waals surface area contributed by atoms with E-state index in [1.165, 1.54) is 18.2 Å². The lowest BCUT2D eigenvalue weighted by Crippen LogP contribution is -2.02. The highest BCUT2D eigenvalue weighted by Gasteiger charge is 2.07. The van der Waals surface area contributed by atoms with Gasteiger partial charge in [-0.3, -0.25) is 4.79 Å². The van der Waals surface area contributed by atoms with Gasteiger partial charge in [-0.05, 0) is 41.8 Å². The molecule has 0 atom stereocenters. The number of halogens is 1. The number of nitrogen functional groups attached to an aromatic ring is 1. The fraction of sp³-hybridized carbons (Fsp3) is 0.0833. The third kappa shape index (κ3) is 1.82. The summed E-state index contributed by atoms with van der Waals surface area (Å²) in [6.07, 6.45) is 1.55. The smallest absolute Gasteiger partial charge is 0.247 e. The number of benzene rings is 1. The quantitative estimate of drug-likeness (QED) is 0.720. The highest BCUT2D eigenvalue weighted by Crippen LogP contribution is 2.27. The molecule has 0 fully saturated rings. The lowest BCUT2D eigenvalue weighted by molar-refractivity contribution is 0.628. The minimum absolute atomic E-state index is 0.189. The van der Waals surface area contributed by atoms with Crippen LogP contribution in [0.25, 0.3) is 11.1 Å². The summed E-state index contributed by atoms with van der Waals surface area (Å²) in [7, 11) is 0. The van der Waals surface area contributed by atoms with Crippen LogP contribution < -0.4 is 11.3 Å². The van der Waals surface area contributed by atoms with Gasteiger partial charge < -0.3 is 10.7 Å². The topological polar surface area (TPSA) is 58.9 Å². The van der Waals surface area contributed by atoms with Crippen molar-refractivity contribution in [3.8, 4) is 11.1 Å². The molecule has 0 aliphatic rings. The van der Waals surface area contributed by atoms with Crippen LogP contribution in [-0.2, 0) is 0 Å². The van der Waals surface area contributed by atoms with Crippen molar-refractivity contribution in [1.29, 1.82) is 0 Å². The van der Waals surface area contributed by atoms with E-state index in [9.17, 15) is 9.18 Å². The number of aromatic nitrogens is 1. The molecule has 0 spiro atoms. The van der Waals surface area contributed by atoms with Crippen molar-refractivity contribution in [2.45, 2.75) is 6.92 Å². The lowest BCUT2D eigenvalue weighted by atomic mass is 10.0. The average Bonchev–Trinajstić information content (AvgIpc) is 2.25. The molecule has 1 heterocycles. The number of anilines is 1. The Morgan fingerprint density at radius 3 is 2.69 bits per heavy atom. The fourth-order valence-electron chi connectivity index (χ4n) is 1.58. The van der Waals surface area contributed by atoms with Crippen molar-refractivity contribution in [3.05, 3.63) is 52.2 Å². The maximum atomic E-state index is 13.2. The largest absolute Gasteiger partial charge is 0.398 e. The van der Waals surface area contributed by atoms with Crippen LogP contribution in [0.4, 0.5) is 10.1 Å². The maximum Gasteiger partial charge on any atom is 0.247 e. The first-order chi connectivity index (χ1) is 7.58. The van der Waals surface area contributed by atoms with Gasteiger partial charge in [0.1, 0.15) is 5.82 Å². The number of rotatable bonds is 1. The van der Waals surface area contributed by atoms with Gasteiger partial charge >= 0.3 is 0 Å². The van der Waals surface area contributed by atoms with Crippen molar-refractivity contribution >= 4 is 5.69 Å². The molecule has 0 bridgehead atoms. The Morgan fingerprint density at radius 2 is 2.06 bits per heavy atom. The Morgan fingerprint density at radius 1 is 1.31 bits per heavy atom. The summed E-state index contributed by atoms with van der Waals surface area (Å²) in [5.74, 6) is -0.385. The summed E-state index contributed by atoms with van der Waals surface area (Å²) in [4.78, 5) is 13.5. The Hall–Kier alpha value is -2.10. The van der Waals surface area contributed by atoms with Crippen molar-refractivity contribution < 1.29 is 4.39 Å². The molecular formula is C12H11FN2O. The van der Waals surface area contributed by atoms with Crippen LogP contribution in [0.2, 0.25) is 0 Å². The van der Waals surface area contributed by atoms with E-state index in [2.05, 4.69) is 4.98 Å². The van der Waals surface area contributed by atoms with E-state index in [1.54, 1.807) is 12.3 Å². The fourth-order valence-corrected chi connectivity index (χ4v) is 1.58. The molecule has 3 nitrogen and oxygen atoms in total. The van der Waals surface area contributed by atoms with Crippen LogP contribution >= 0.6 is 0 Å². The number of aromatic amines is 1. The number of nitrogens with two attached hydrogens (primary N) is 1. The van der Waals surface area contributed by atoms with Gasteiger partial charge in [0.2, 0.25) is 5.56 Å². The third-order valence-corrected chi connectivity index (χ3v) is 2.51. The van der Waals surface area contributed by atoms with E-state index in [0.717, 1.165) is 11.1 Å². The van der Waals surface area contributed by atoms with Gasteiger partial charge in [0, 0.05) is 18.0 Å². The molecule has 3 N–H and O–H groups in total. The minimum Gasteiger partial charge on any atom is -0.398 e. The number of H-pyrrole nitrogens is 1. The first-order valence-corrected chi connectivity index (χ1v) is 4.82. The van der Waals surface area contributed by atoms with Crippen molar-refractivity contribution in [2.24, 2.45) is 0 Å². The SMILES string of the molecule is Cc1c(N)cc(F)cc1-c1ccc(=O)[nH]c1. The predicted octanol–water partition coefficient (Wildman–Crippen LogP) is 2.07. The number of hydrogen-bond acceptors (Lipinski definition) is 2. The van der Waals surface area contributed by atoms with Crippen LogP contribution in [0.3, 0.4) is 0 Å². The molecule has 2 aromatic rings. The van der Waals surface area contributed by atoms with Crippen molar-refractivity contribution in [1.82, 2.24) is 4.98 Å². The highest BCUT2D eigenvalue weighted by molar-refractivity contribution is 5.72. The van der Waals surface area contributed by atoms with Gasteiger partial charge in [-0.25, -0.2) is 4.39 Å². The molecule has 1 aromatic carbocycles. The Kier molecular flexibility index (Phi) is 2.48. The average molecular weight is 218 g/mol. The molecule has 0 amide bonds. The number of pyridine rings is 1. The van der Waals surface area contributed by atoms with Crippen LogP contribution in [0.1, 0.15) is 5.56 Å². The first kappa shape index (κ1) is 10.4. The standard InChI is InChI=1S/C12H11FN2O/c1-7-10(4-9(13)5-11(7)14)8-2-3-12(16)15-6-8/h2-6H,14H2,1H3,(H,15,16). The molecule has 82 valence electrons. The van der Waals surface area contributed by atoms with Gasteiger partial charge in [0.15, 0.2) is 0 Å². The Bertz CT molecular complexity index is 570. The van der Waals surface area contributed by atoms with Gasteiger partial charge in [-0.2, -0.15) is 0 Å². The molecular weight excluding hydrogens is 207 g/mol. The van der Waals surface area contributed by atoms with Gasteiger partial charge in [-0.15, -0.1) is 0 Å². The Balaban J connectivity index is 2.64. The molecule has 4 heteroatoms. The molecule has 16 heavy (non-hydrogen) atoms. The first-order valence-electron chi connectivity index (χ1n) is 4.82. The lowest BCUT2D eigenvalue weighted by Gasteiger charge is -2.08.